The van der Waals surface area contributed by atoms with Crippen LogP contribution in [0.4, 0.5) is 0 Å². The molecule has 0 aromatic carbocycles. The SMILES string of the molecule is CCCCCC/C=C\CCCCC/C=C/C(=O)NC1[C@H](O[C@@H]2C(CO)O[C@@H](O[C@@H]3C(CO)O[C@@H](O[C@@H]4C(COS(=O)(=O)O)OC(O)C(NC(C)=O)C4O)C(NC(C)=O)[C@H]3O)C(NC(C)=O)C2O)OC(COC(C)=O)[C@@H](O)[C@@H]1O. The summed E-state index contributed by atoms with van der Waals surface area (Å²) < 4.78 is 83.2. The Kier molecular flexibility index (Phi) is 27.8. The van der Waals surface area contributed by atoms with Crippen LogP contribution in [0.15, 0.2) is 24.3 Å². The van der Waals surface area contributed by atoms with Crippen LogP contribution in [-0.4, -0.2) is 232 Å². The van der Waals surface area contributed by atoms with Crippen LogP contribution in [-0.2, 0) is 76.4 Å². The second-order valence-corrected chi connectivity index (χ2v) is 20.5. The van der Waals surface area contributed by atoms with E-state index in [2.05, 4.69) is 44.5 Å². The van der Waals surface area contributed by atoms with Gasteiger partial charge in [-0.25, -0.2) is 4.18 Å². The summed E-state index contributed by atoms with van der Waals surface area (Å²) in [4.78, 5) is 62.4. The first-order valence-corrected chi connectivity index (χ1v) is 27.3. The van der Waals surface area contributed by atoms with Gasteiger partial charge in [-0.2, -0.15) is 8.42 Å². The minimum Gasteiger partial charge on any atom is -0.463 e. The van der Waals surface area contributed by atoms with Crippen molar-refractivity contribution in [2.24, 2.45) is 0 Å². The molecule has 4 heterocycles. The fourth-order valence-corrected chi connectivity index (χ4v) is 9.60. The molecule has 448 valence electrons. The average molecular weight is 1150 g/mol. The first-order chi connectivity index (χ1) is 36.9. The molecule has 29 nitrogen and oxygen atoms in total. The van der Waals surface area contributed by atoms with E-state index in [9.17, 15) is 77.8 Å². The van der Waals surface area contributed by atoms with E-state index in [0.717, 1.165) is 59.8 Å². The van der Waals surface area contributed by atoms with Gasteiger partial charge in [0, 0.05) is 27.7 Å². The zero-order valence-electron chi connectivity index (χ0n) is 44.2. The Balaban J connectivity index is 1.56. The molecule has 0 bridgehead atoms. The lowest BCUT2D eigenvalue weighted by Crippen LogP contribution is -2.71. The van der Waals surface area contributed by atoms with Crippen LogP contribution in [0.3, 0.4) is 0 Å². The molecular weight excluding hydrogens is 1060 g/mol. The smallest absolute Gasteiger partial charge is 0.397 e. The highest BCUT2D eigenvalue weighted by Crippen LogP contribution is 2.35. The topological polar surface area (TPSA) is 433 Å². The summed E-state index contributed by atoms with van der Waals surface area (Å²) in [5.41, 5.74) is 0. The maximum atomic E-state index is 13.3. The number of unbranched alkanes of at least 4 members (excludes halogenated alkanes) is 8. The van der Waals surface area contributed by atoms with E-state index in [1.165, 1.54) is 31.8 Å². The molecule has 11 unspecified atom stereocenters. The molecule has 4 rings (SSSR count). The molecule has 0 spiro atoms. The minimum atomic E-state index is -5.16. The van der Waals surface area contributed by atoms with Crippen LogP contribution in [0.5, 0.6) is 0 Å². The van der Waals surface area contributed by atoms with E-state index in [0.29, 0.717) is 6.42 Å². The van der Waals surface area contributed by atoms with Gasteiger partial charge in [-0.1, -0.05) is 50.8 Å². The Bertz CT molecular complexity index is 2070. The lowest BCUT2D eigenvalue weighted by atomic mass is 9.93. The van der Waals surface area contributed by atoms with Gasteiger partial charge in [0.15, 0.2) is 25.2 Å². The number of amides is 4. The largest absolute Gasteiger partial charge is 0.463 e. The van der Waals surface area contributed by atoms with Crippen LogP contribution in [0.25, 0.3) is 0 Å². The normalized spacial score (nSPS) is 35.5. The summed E-state index contributed by atoms with van der Waals surface area (Å²) in [5, 5.41) is 99.3. The van der Waals surface area contributed by atoms with Crippen molar-refractivity contribution < 1.29 is 120 Å². The molecule has 4 aliphatic heterocycles. The highest BCUT2D eigenvalue weighted by molar-refractivity contribution is 7.80. The van der Waals surface area contributed by atoms with Crippen LogP contribution < -0.4 is 21.3 Å². The second-order valence-electron chi connectivity index (χ2n) is 19.4. The van der Waals surface area contributed by atoms with Crippen molar-refractivity contribution in [1.29, 1.82) is 0 Å². The molecule has 0 aromatic rings. The van der Waals surface area contributed by atoms with Gasteiger partial charge in [0.1, 0.15) is 104 Å². The molecule has 20 atom stereocenters. The van der Waals surface area contributed by atoms with Gasteiger partial charge in [0.25, 0.3) is 0 Å². The standard InChI is InChI=1S/C48H80N4O25S/c1-6-7-8-9-10-11-12-13-14-15-16-17-18-19-32(59)52-34-38(61)37(60)30(22-69-27(5)58)74-46(34)75-42-28(20-53)72-47(35(40(42)63)50-25(3)56)76-43-29(21-54)73-48(36(41(43)64)51-26(4)57)77-44-31(23-70-78(66,67)68)71-45(65)33(39(44)62)49-24(2)55/h11-12,18-19,28-31,33-48,53-54,60-65H,6-10,13-17,20-23H2,1-5H3,(H,49,55)(H,50,56)(H,51,57)(H,52,59)(H,66,67,68)/b12-11-,19-18+/t28?,29?,30?,31?,33?,34?,35?,36?,37-,38-,39?,40?,41-,42-,43-,44-,45?,46+,47+,48+/m1/s1. The Morgan fingerprint density at radius 1 is 0.513 bits per heavy atom. The minimum absolute atomic E-state index is 0.541. The summed E-state index contributed by atoms with van der Waals surface area (Å²) in [5.74, 6) is -3.92. The maximum Gasteiger partial charge on any atom is 0.397 e. The molecule has 4 saturated heterocycles. The third-order valence-electron chi connectivity index (χ3n) is 13.1. The molecule has 4 aliphatic rings. The van der Waals surface area contributed by atoms with Gasteiger partial charge in [0.2, 0.25) is 23.6 Å². The van der Waals surface area contributed by atoms with Crippen molar-refractivity contribution in [3.05, 3.63) is 24.3 Å². The maximum absolute atomic E-state index is 13.3. The van der Waals surface area contributed by atoms with E-state index in [4.69, 9.17) is 37.9 Å². The van der Waals surface area contributed by atoms with Crippen LogP contribution in [0, 0.1) is 0 Å². The molecule has 78 heavy (non-hydrogen) atoms. The molecule has 4 fully saturated rings. The van der Waals surface area contributed by atoms with Gasteiger partial charge in [-0.15, -0.1) is 0 Å². The van der Waals surface area contributed by atoms with Crippen molar-refractivity contribution in [2.45, 2.75) is 221 Å². The third kappa shape index (κ3) is 20.3. The molecule has 0 aromatic heterocycles. The van der Waals surface area contributed by atoms with Gasteiger partial charge < -0.3 is 100 Å². The number of ether oxygens (including phenoxy) is 8. The Hall–Kier alpha value is -3.90. The molecule has 4 amide bonds. The summed E-state index contributed by atoms with van der Waals surface area (Å²) in [7, 11) is -5.16. The second kappa shape index (κ2) is 32.5. The van der Waals surface area contributed by atoms with Crippen LogP contribution in [0.2, 0.25) is 0 Å². The predicted octanol–water partition coefficient (Wildman–Crippen LogP) is -3.76. The Morgan fingerprint density at radius 2 is 0.936 bits per heavy atom. The zero-order valence-corrected chi connectivity index (χ0v) is 45.0. The number of allylic oxidation sites excluding steroid dienone is 3. The summed E-state index contributed by atoms with van der Waals surface area (Å²) >= 11 is 0. The van der Waals surface area contributed by atoms with E-state index >= 15 is 0 Å². The number of rotatable bonds is 29. The number of carbonyl (C=O) groups excluding carboxylic acids is 5. The number of aliphatic hydroxyl groups is 8. The van der Waals surface area contributed by atoms with Gasteiger partial charge in [0.05, 0.1) is 19.8 Å². The third-order valence-corrected chi connectivity index (χ3v) is 13.6. The average Bonchev–Trinajstić information content (AvgIpc) is 3.43. The monoisotopic (exact) mass is 1140 g/mol. The van der Waals surface area contributed by atoms with Crippen LogP contribution in [0.1, 0.15) is 98.8 Å². The number of hydrogen-bond acceptors (Lipinski definition) is 24. The highest BCUT2D eigenvalue weighted by Gasteiger charge is 2.56. The summed E-state index contributed by atoms with van der Waals surface area (Å²) in [6.07, 6.45) is -12.2. The summed E-state index contributed by atoms with van der Waals surface area (Å²) in [6.45, 7) is 2.60. The van der Waals surface area contributed by atoms with Crippen molar-refractivity contribution in [3.8, 4) is 0 Å². The molecule has 13 N–H and O–H groups in total. The fraction of sp³-hybridized carbons (Fsp3) is 0.812. The van der Waals surface area contributed by atoms with Gasteiger partial charge >= 0.3 is 16.4 Å². The van der Waals surface area contributed by atoms with E-state index in [1.54, 1.807) is 6.08 Å². The predicted molar refractivity (Wildman–Crippen MR) is 265 cm³/mol. The molecule has 30 heteroatoms. The number of esters is 1. The first-order valence-electron chi connectivity index (χ1n) is 26.0. The highest BCUT2D eigenvalue weighted by atomic mass is 32.3. The van der Waals surface area contributed by atoms with Crippen molar-refractivity contribution >= 4 is 40.0 Å². The van der Waals surface area contributed by atoms with Crippen LogP contribution >= 0.6 is 0 Å². The van der Waals surface area contributed by atoms with Gasteiger partial charge in [-0.05, 0) is 44.6 Å². The van der Waals surface area contributed by atoms with Crippen molar-refractivity contribution in [3.63, 3.8) is 0 Å². The zero-order chi connectivity index (χ0) is 57.9. The van der Waals surface area contributed by atoms with Crippen molar-refractivity contribution in [1.82, 2.24) is 21.3 Å². The van der Waals surface area contributed by atoms with E-state index in [-0.39, 0.29) is 0 Å². The Labute approximate surface area is 452 Å². The lowest BCUT2D eigenvalue weighted by molar-refractivity contribution is -0.361. The molecule has 0 saturated carbocycles. The fourth-order valence-electron chi connectivity index (χ4n) is 9.29. The lowest BCUT2D eigenvalue weighted by Gasteiger charge is -2.51. The number of hydrogen-bond donors (Lipinski definition) is 13. The van der Waals surface area contributed by atoms with Crippen molar-refractivity contribution in [2.75, 3.05) is 26.4 Å². The Morgan fingerprint density at radius 3 is 1.38 bits per heavy atom. The molecule has 0 aliphatic carbocycles. The summed E-state index contributed by atoms with van der Waals surface area (Å²) in [6, 6.07) is -6.73. The number of nitrogens with one attached hydrogen (secondary N) is 4. The first kappa shape index (κ1) is 66.6. The number of carbonyl (C=O) groups is 5. The van der Waals surface area contributed by atoms with E-state index in [1.807, 2.05) is 0 Å². The van der Waals surface area contributed by atoms with Gasteiger partial charge in [-0.3, -0.25) is 28.5 Å². The quantitative estimate of drug-likeness (QED) is 0.0112. The molecule has 0 radical (unpaired) electrons. The molecular formula is C48H80N4O25S. The number of aliphatic hydroxyl groups excluding tert-OH is 8. The van der Waals surface area contributed by atoms with E-state index < -0.39 is 189 Å².